The van der Waals surface area contributed by atoms with Crippen molar-refractivity contribution in [3.8, 4) is 23.0 Å². The van der Waals surface area contributed by atoms with Crippen molar-refractivity contribution in [1.29, 1.82) is 0 Å². The van der Waals surface area contributed by atoms with Gasteiger partial charge in [-0.05, 0) is 50.2 Å². The molecule has 0 radical (unpaired) electrons. The van der Waals surface area contributed by atoms with Gasteiger partial charge in [-0.15, -0.1) is 0 Å². The van der Waals surface area contributed by atoms with E-state index >= 15 is 0 Å². The van der Waals surface area contributed by atoms with E-state index in [1.807, 2.05) is 31.2 Å². The molecule has 0 spiro atoms. The summed E-state index contributed by atoms with van der Waals surface area (Å²) in [5, 5.41) is 2.86. The van der Waals surface area contributed by atoms with Gasteiger partial charge in [0, 0.05) is 11.8 Å². The van der Waals surface area contributed by atoms with Gasteiger partial charge in [0.25, 0.3) is 11.8 Å². The molecule has 8 nitrogen and oxygen atoms in total. The van der Waals surface area contributed by atoms with Crippen LogP contribution in [0.15, 0.2) is 60.7 Å². The molecule has 0 saturated carbocycles. The number of methoxy groups -OCH3 is 2. The lowest BCUT2D eigenvalue weighted by Gasteiger charge is -2.33. The Hall–Kier alpha value is -4.20. The van der Waals surface area contributed by atoms with Crippen LogP contribution < -0.4 is 29.2 Å². The SMILES string of the molecule is COc1cccc(OC)c1C(=O)Nc1ccc2c(c1)OC(C)C(=O)N2CCOc1ccc(C)cc1. The molecule has 0 fully saturated rings. The van der Waals surface area contributed by atoms with E-state index in [1.54, 1.807) is 48.2 Å². The van der Waals surface area contributed by atoms with E-state index in [0.29, 0.717) is 41.8 Å². The zero-order valence-corrected chi connectivity index (χ0v) is 20.2. The number of rotatable bonds is 8. The van der Waals surface area contributed by atoms with Gasteiger partial charge in [-0.3, -0.25) is 9.59 Å². The average molecular weight is 477 g/mol. The second kappa shape index (κ2) is 10.4. The monoisotopic (exact) mass is 476 g/mol. The summed E-state index contributed by atoms with van der Waals surface area (Å²) < 4.78 is 22.3. The molecule has 1 aliphatic heterocycles. The van der Waals surface area contributed by atoms with E-state index in [2.05, 4.69) is 5.32 Å². The van der Waals surface area contributed by atoms with Crippen LogP contribution in [-0.4, -0.2) is 45.3 Å². The minimum atomic E-state index is -0.665. The van der Waals surface area contributed by atoms with Gasteiger partial charge in [-0.1, -0.05) is 23.8 Å². The van der Waals surface area contributed by atoms with Crippen molar-refractivity contribution < 1.29 is 28.5 Å². The Morgan fingerprint density at radius 3 is 2.37 bits per heavy atom. The first-order chi connectivity index (χ1) is 16.9. The lowest BCUT2D eigenvalue weighted by Crippen LogP contribution is -2.46. The van der Waals surface area contributed by atoms with Crippen molar-refractivity contribution in [1.82, 2.24) is 0 Å². The number of hydrogen-bond donors (Lipinski definition) is 1. The summed E-state index contributed by atoms with van der Waals surface area (Å²) in [4.78, 5) is 27.5. The van der Waals surface area contributed by atoms with Gasteiger partial charge in [0.2, 0.25) is 0 Å². The summed E-state index contributed by atoms with van der Waals surface area (Å²) in [6.07, 6.45) is -0.665. The first-order valence-electron chi connectivity index (χ1n) is 11.2. The number of hydrogen-bond acceptors (Lipinski definition) is 6. The van der Waals surface area contributed by atoms with Crippen LogP contribution in [0.5, 0.6) is 23.0 Å². The molecular formula is C27H28N2O6. The third-order valence-electron chi connectivity index (χ3n) is 5.69. The number of carbonyl (C=O) groups is 2. The van der Waals surface area contributed by atoms with Crippen LogP contribution in [-0.2, 0) is 4.79 Å². The van der Waals surface area contributed by atoms with Crippen molar-refractivity contribution in [2.75, 3.05) is 37.6 Å². The van der Waals surface area contributed by atoms with Crippen LogP contribution in [0.2, 0.25) is 0 Å². The predicted molar refractivity (Wildman–Crippen MR) is 133 cm³/mol. The van der Waals surface area contributed by atoms with Gasteiger partial charge in [-0.25, -0.2) is 0 Å². The number of benzene rings is 3. The Kier molecular flexibility index (Phi) is 7.10. The van der Waals surface area contributed by atoms with Crippen LogP contribution in [0.4, 0.5) is 11.4 Å². The zero-order valence-electron chi connectivity index (χ0n) is 20.2. The zero-order chi connectivity index (χ0) is 24.9. The molecule has 0 bridgehead atoms. The maximum Gasteiger partial charge on any atom is 0.267 e. The average Bonchev–Trinajstić information content (AvgIpc) is 2.86. The second-order valence-corrected chi connectivity index (χ2v) is 8.09. The summed E-state index contributed by atoms with van der Waals surface area (Å²) in [7, 11) is 2.99. The number of aryl methyl sites for hydroxylation is 1. The third-order valence-corrected chi connectivity index (χ3v) is 5.69. The highest BCUT2D eigenvalue weighted by molar-refractivity contribution is 6.08. The van der Waals surface area contributed by atoms with Crippen LogP contribution in [0.3, 0.4) is 0 Å². The standard InChI is InChI=1S/C27H28N2O6/c1-17-8-11-20(12-9-17)34-15-14-29-21-13-10-19(16-24(21)35-18(2)27(29)31)28-26(30)25-22(32-3)6-5-7-23(25)33-4/h5-13,16,18H,14-15H2,1-4H3,(H,28,30). The number of ether oxygens (including phenoxy) is 4. The minimum Gasteiger partial charge on any atom is -0.496 e. The van der Waals surface area contributed by atoms with Crippen LogP contribution in [0.1, 0.15) is 22.8 Å². The van der Waals surface area contributed by atoms with E-state index in [1.165, 1.54) is 14.2 Å². The maximum absolute atomic E-state index is 13.0. The number of anilines is 2. The Balaban J connectivity index is 1.51. The molecule has 1 atom stereocenters. The molecule has 4 rings (SSSR count). The van der Waals surface area contributed by atoms with Crippen molar-refractivity contribution in [2.24, 2.45) is 0 Å². The van der Waals surface area contributed by atoms with Gasteiger partial charge in [-0.2, -0.15) is 0 Å². The third kappa shape index (κ3) is 5.16. The molecule has 8 heteroatoms. The quantitative estimate of drug-likeness (QED) is 0.517. The number of nitrogens with one attached hydrogen (secondary N) is 1. The predicted octanol–water partition coefficient (Wildman–Crippen LogP) is 4.46. The highest BCUT2D eigenvalue weighted by Crippen LogP contribution is 2.37. The fourth-order valence-corrected chi connectivity index (χ4v) is 3.88. The van der Waals surface area contributed by atoms with E-state index < -0.39 is 6.10 Å². The number of nitrogens with zero attached hydrogens (tertiary/aromatic N) is 1. The molecular weight excluding hydrogens is 448 g/mol. The lowest BCUT2D eigenvalue weighted by molar-refractivity contribution is -0.125. The van der Waals surface area contributed by atoms with Crippen molar-refractivity contribution in [3.05, 3.63) is 71.8 Å². The molecule has 2 amide bonds. The highest BCUT2D eigenvalue weighted by Gasteiger charge is 2.32. The maximum atomic E-state index is 13.0. The van der Waals surface area contributed by atoms with Gasteiger partial charge in [0.05, 0.1) is 26.5 Å². The van der Waals surface area contributed by atoms with Crippen molar-refractivity contribution >= 4 is 23.2 Å². The largest absolute Gasteiger partial charge is 0.496 e. The molecule has 3 aromatic rings. The molecule has 3 aromatic carbocycles. The Morgan fingerprint density at radius 1 is 1.03 bits per heavy atom. The highest BCUT2D eigenvalue weighted by atomic mass is 16.5. The van der Waals surface area contributed by atoms with Crippen LogP contribution >= 0.6 is 0 Å². The van der Waals surface area contributed by atoms with E-state index in [-0.39, 0.29) is 17.4 Å². The summed E-state index contributed by atoms with van der Waals surface area (Å²) in [6.45, 7) is 4.40. The molecule has 0 aromatic heterocycles. The van der Waals surface area contributed by atoms with Gasteiger partial charge in [0.1, 0.15) is 35.2 Å². The molecule has 182 valence electrons. The summed E-state index contributed by atoms with van der Waals surface area (Å²) in [6, 6.07) is 18.1. The second-order valence-electron chi connectivity index (χ2n) is 8.09. The summed E-state index contributed by atoms with van der Waals surface area (Å²) in [5.74, 6) is 1.50. The Morgan fingerprint density at radius 2 is 1.71 bits per heavy atom. The molecule has 35 heavy (non-hydrogen) atoms. The molecule has 0 aliphatic carbocycles. The molecule has 1 heterocycles. The number of fused-ring (bicyclic) bond motifs is 1. The van der Waals surface area contributed by atoms with Gasteiger partial charge >= 0.3 is 0 Å². The Bertz CT molecular complexity index is 1200. The van der Waals surface area contributed by atoms with E-state index in [9.17, 15) is 9.59 Å². The Labute approximate surface area is 204 Å². The normalized spacial score (nSPS) is 14.6. The number of carbonyl (C=O) groups excluding carboxylic acids is 2. The van der Waals surface area contributed by atoms with Gasteiger partial charge in [0.15, 0.2) is 6.10 Å². The van der Waals surface area contributed by atoms with Crippen molar-refractivity contribution in [3.63, 3.8) is 0 Å². The first-order valence-corrected chi connectivity index (χ1v) is 11.2. The number of amides is 2. The smallest absolute Gasteiger partial charge is 0.267 e. The van der Waals surface area contributed by atoms with E-state index in [0.717, 1.165) is 11.3 Å². The van der Waals surface area contributed by atoms with E-state index in [4.69, 9.17) is 18.9 Å². The summed E-state index contributed by atoms with van der Waals surface area (Å²) in [5.41, 5.74) is 2.57. The molecule has 1 N–H and O–H groups in total. The fraction of sp³-hybridized carbons (Fsp3) is 0.259. The van der Waals surface area contributed by atoms with Crippen LogP contribution in [0, 0.1) is 6.92 Å². The first kappa shape index (κ1) is 23.9. The van der Waals surface area contributed by atoms with Gasteiger partial charge < -0.3 is 29.2 Å². The molecule has 1 unspecified atom stereocenters. The lowest BCUT2D eigenvalue weighted by atomic mass is 10.1. The topological polar surface area (TPSA) is 86.3 Å². The van der Waals surface area contributed by atoms with Crippen LogP contribution in [0.25, 0.3) is 0 Å². The molecule has 1 aliphatic rings. The minimum absolute atomic E-state index is 0.152. The van der Waals surface area contributed by atoms with Crippen molar-refractivity contribution in [2.45, 2.75) is 20.0 Å². The fourth-order valence-electron chi connectivity index (χ4n) is 3.88. The summed E-state index contributed by atoms with van der Waals surface area (Å²) >= 11 is 0. The molecule has 0 saturated heterocycles.